The Morgan fingerprint density at radius 3 is 2.46 bits per heavy atom. The molecular formula is C21H25FN4. The van der Waals surface area contributed by atoms with Crippen LogP contribution in [0.1, 0.15) is 26.0 Å². The van der Waals surface area contributed by atoms with Crippen LogP contribution in [-0.4, -0.2) is 27.4 Å². The smallest absolute Gasteiger partial charge is 0.137 e. The van der Waals surface area contributed by atoms with Gasteiger partial charge in [-0.3, -0.25) is 4.90 Å². The molecule has 1 aliphatic heterocycles. The summed E-state index contributed by atoms with van der Waals surface area (Å²) in [6, 6.07) is 10.4. The van der Waals surface area contributed by atoms with Crippen LogP contribution >= 0.6 is 0 Å². The normalized spacial score (nSPS) is 21.3. The minimum atomic E-state index is -0.234. The number of pyridine rings is 1. The van der Waals surface area contributed by atoms with Crippen molar-refractivity contribution in [3.63, 3.8) is 0 Å². The maximum atomic E-state index is 13.4. The first-order valence-corrected chi connectivity index (χ1v) is 9.24. The molecule has 2 N–H and O–H groups in total. The van der Waals surface area contributed by atoms with Crippen LogP contribution in [-0.2, 0) is 6.54 Å². The van der Waals surface area contributed by atoms with Crippen LogP contribution in [0.15, 0.2) is 42.6 Å². The highest BCUT2D eigenvalue weighted by Gasteiger charge is 2.24. The number of imidazole rings is 1. The number of rotatable bonds is 3. The van der Waals surface area contributed by atoms with Crippen molar-refractivity contribution in [3.8, 4) is 11.3 Å². The van der Waals surface area contributed by atoms with Crippen LogP contribution in [0.3, 0.4) is 0 Å². The molecule has 5 heteroatoms. The summed E-state index contributed by atoms with van der Waals surface area (Å²) in [6.07, 6.45) is 3.21. The van der Waals surface area contributed by atoms with Crippen LogP contribution in [0, 0.1) is 17.7 Å². The molecule has 2 atom stereocenters. The van der Waals surface area contributed by atoms with Crippen molar-refractivity contribution < 1.29 is 4.39 Å². The predicted molar refractivity (Wildman–Crippen MR) is 103 cm³/mol. The number of likely N-dealkylation sites (tertiary alicyclic amines) is 1. The standard InChI is InChI=1S/C21H25FN4/c1-14-9-15(2)11-25(10-14)13-19-21(16-3-5-17(22)6-4-16)24-20-8-7-18(23)12-26(19)20/h3-8,12,14-15H,9-11,13,23H2,1-2H3. The van der Waals surface area contributed by atoms with Crippen LogP contribution in [0.2, 0.25) is 0 Å². The number of anilines is 1. The molecule has 1 aliphatic rings. The maximum Gasteiger partial charge on any atom is 0.137 e. The molecule has 0 saturated carbocycles. The molecule has 136 valence electrons. The van der Waals surface area contributed by atoms with Gasteiger partial charge in [0, 0.05) is 37.1 Å². The molecule has 1 aromatic carbocycles. The largest absolute Gasteiger partial charge is 0.398 e. The second-order valence-corrected chi connectivity index (χ2v) is 7.74. The van der Waals surface area contributed by atoms with Crippen LogP contribution in [0.4, 0.5) is 10.1 Å². The Morgan fingerprint density at radius 2 is 1.77 bits per heavy atom. The Morgan fingerprint density at radius 1 is 1.08 bits per heavy atom. The van der Waals surface area contributed by atoms with E-state index >= 15 is 0 Å². The Bertz CT molecular complexity index is 906. The third-order valence-corrected chi connectivity index (χ3v) is 5.18. The van der Waals surface area contributed by atoms with E-state index in [1.807, 2.05) is 18.3 Å². The van der Waals surface area contributed by atoms with Gasteiger partial charge in [0.1, 0.15) is 11.5 Å². The molecule has 1 fully saturated rings. The van der Waals surface area contributed by atoms with Crippen molar-refractivity contribution in [2.45, 2.75) is 26.8 Å². The SMILES string of the molecule is CC1CC(C)CN(Cc2c(-c3ccc(F)cc3)nc3ccc(N)cn23)C1. The van der Waals surface area contributed by atoms with Crippen LogP contribution in [0.5, 0.6) is 0 Å². The van der Waals surface area contributed by atoms with E-state index in [0.29, 0.717) is 17.5 Å². The fourth-order valence-corrected chi connectivity index (χ4v) is 4.23. The van der Waals surface area contributed by atoms with Crippen molar-refractivity contribution in [1.29, 1.82) is 0 Å². The lowest BCUT2D eigenvalue weighted by Gasteiger charge is -2.35. The first-order valence-electron chi connectivity index (χ1n) is 9.24. The molecule has 26 heavy (non-hydrogen) atoms. The van der Waals surface area contributed by atoms with E-state index in [-0.39, 0.29) is 5.82 Å². The average molecular weight is 352 g/mol. The number of halogens is 1. The molecule has 3 heterocycles. The van der Waals surface area contributed by atoms with Gasteiger partial charge in [-0.2, -0.15) is 0 Å². The van der Waals surface area contributed by atoms with Gasteiger partial charge in [-0.1, -0.05) is 13.8 Å². The van der Waals surface area contributed by atoms with Gasteiger partial charge in [0.2, 0.25) is 0 Å². The van der Waals surface area contributed by atoms with E-state index in [9.17, 15) is 4.39 Å². The summed E-state index contributed by atoms with van der Waals surface area (Å²) in [5.41, 5.74) is 10.6. The fraction of sp³-hybridized carbons (Fsp3) is 0.381. The second-order valence-electron chi connectivity index (χ2n) is 7.74. The zero-order valence-electron chi connectivity index (χ0n) is 15.3. The van der Waals surface area contributed by atoms with Crippen molar-refractivity contribution in [3.05, 3.63) is 54.1 Å². The number of nitrogens with zero attached hydrogens (tertiary/aromatic N) is 3. The number of hydrogen-bond donors (Lipinski definition) is 1. The lowest BCUT2D eigenvalue weighted by Crippen LogP contribution is -2.38. The predicted octanol–water partition coefficient (Wildman–Crippen LogP) is 4.20. The van der Waals surface area contributed by atoms with E-state index in [4.69, 9.17) is 10.7 Å². The summed E-state index contributed by atoms with van der Waals surface area (Å²) < 4.78 is 15.5. The molecule has 2 aromatic heterocycles. The van der Waals surface area contributed by atoms with Crippen LogP contribution < -0.4 is 5.73 Å². The lowest BCUT2D eigenvalue weighted by atomic mass is 9.92. The highest BCUT2D eigenvalue weighted by molar-refractivity contribution is 5.67. The summed E-state index contributed by atoms with van der Waals surface area (Å²) in [4.78, 5) is 7.31. The minimum Gasteiger partial charge on any atom is -0.398 e. The number of aromatic nitrogens is 2. The Kier molecular flexibility index (Phi) is 4.41. The Labute approximate surface area is 153 Å². The number of nitrogen functional groups attached to an aromatic ring is 1. The Hall–Kier alpha value is -2.40. The highest BCUT2D eigenvalue weighted by Crippen LogP contribution is 2.29. The second kappa shape index (κ2) is 6.72. The zero-order chi connectivity index (χ0) is 18.3. The van der Waals surface area contributed by atoms with E-state index in [1.54, 1.807) is 12.1 Å². The number of nitrogens with two attached hydrogens (primary N) is 1. The van der Waals surface area contributed by atoms with Crippen molar-refractivity contribution in [2.24, 2.45) is 11.8 Å². The summed E-state index contributed by atoms with van der Waals surface area (Å²) in [5.74, 6) is 1.15. The van der Waals surface area contributed by atoms with Gasteiger partial charge in [0.15, 0.2) is 0 Å². The van der Waals surface area contributed by atoms with Gasteiger partial charge in [0.05, 0.1) is 11.4 Å². The average Bonchev–Trinajstić information content (AvgIpc) is 2.92. The molecule has 0 radical (unpaired) electrons. The molecule has 3 aromatic rings. The van der Waals surface area contributed by atoms with Gasteiger partial charge in [-0.15, -0.1) is 0 Å². The summed E-state index contributed by atoms with van der Waals surface area (Å²) in [5, 5.41) is 0. The lowest BCUT2D eigenvalue weighted by molar-refractivity contribution is 0.133. The first kappa shape index (κ1) is 17.0. The fourth-order valence-electron chi connectivity index (χ4n) is 4.23. The zero-order valence-corrected chi connectivity index (χ0v) is 15.3. The third kappa shape index (κ3) is 3.31. The summed E-state index contributed by atoms with van der Waals surface area (Å²) >= 11 is 0. The molecule has 0 amide bonds. The highest BCUT2D eigenvalue weighted by atomic mass is 19.1. The molecular weight excluding hydrogens is 327 g/mol. The molecule has 2 unspecified atom stereocenters. The van der Waals surface area contributed by atoms with Crippen molar-refractivity contribution >= 4 is 11.3 Å². The monoisotopic (exact) mass is 352 g/mol. The number of fused-ring (bicyclic) bond motifs is 1. The van der Waals surface area contributed by atoms with E-state index in [1.165, 1.54) is 18.6 Å². The van der Waals surface area contributed by atoms with E-state index in [0.717, 1.165) is 42.2 Å². The third-order valence-electron chi connectivity index (χ3n) is 5.18. The van der Waals surface area contributed by atoms with Gasteiger partial charge in [-0.05, 0) is 54.7 Å². The first-order chi connectivity index (χ1) is 12.5. The molecule has 4 nitrogen and oxygen atoms in total. The minimum absolute atomic E-state index is 0.234. The van der Waals surface area contributed by atoms with Gasteiger partial charge >= 0.3 is 0 Å². The van der Waals surface area contributed by atoms with Crippen molar-refractivity contribution in [2.75, 3.05) is 18.8 Å². The summed E-state index contributed by atoms with van der Waals surface area (Å²) in [6.45, 7) is 7.61. The molecule has 0 aliphatic carbocycles. The summed E-state index contributed by atoms with van der Waals surface area (Å²) in [7, 11) is 0. The quantitative estimate of drug-likeness (QED) is 0.768. The van der Waals surface area contributed by atoms with Gasteiger partial charge in [0.25, 0.3) is 0 Å². The van der Waals surface area contributed by atoms with Gasteiger partial charge < -0.3 is 10.1 Å². The Balaban J connectivity index is 1.78. The van der Waals surface area contributed by atoms with E-state index < -0.39 is 0 Å². The number of piperidine rings is 1. The van der Waals surface area contributed by atoms with E-state index in [2.05, 4.69) is 23.1 Å². The topological polar surface area (TPSA) is 46.6 Å². The maximum absolute atomic E-state index is 13.4. The number of hydrogen-bond acceptors (Lipinski definition) is 3. The van der Waals surface area contributed by atoms with Crippen molar-refractivity contribution in [1.82, 2.24) is 14.3 Å². The number of benzene rings is 1. The molecule has 4 rings (SSSR count). The molecule has 0 bridgehead atoms. The van der Waals surface area contributed by atoms with Crippen LogP contribution in [0.25, 0.3) is 16.9 Å². The van der Waals surface area contributed by atoms with Gasteiger partial charge in [-0.25, -0.2) is 9.37 Å². The molecule has 0 spiro atoms. The molecule has 1 saturated heterocycles.